The second-order valence-electron chi connectivity index (χ2n) is 9.26. The van der Waals surface area contributed by atoms with Crippen molar-refractivity contribution in [1.82, 2.24) is 4.90 Å². The van der Waals surface area contributed by atoms with Gasteiger partial charge in [0.25, 0.3) is 0 Å². The van der Waals surface area contributed by atoms with Crippen LogP contribution in [0.1, 0.15) is 44.2 Å². The third kappa shape index (κ3) is 4.61. The first kappa shape index (κ1) is 23.3. The predicted octanol–water partition coefficient (Wildman–Crippen LogP) is 4.46. The van der Waals surface area contributed by atoms with Crippen LogP contribution in [0.2, 0.25) is 0 Å². The van der Waals surface area contributed by atoms with Crippen LogP contribution in [0, 0.1) is 11.3 Å². The van der Waals surface area contributed by atoms with Gasteiger partial charge in [0.15, 0.2) is 0 Å². The molecule has 170 valence electrons. The minimum Gasteiger partial charge on any atom is -0.481 e. The second-order valence-corrected chi connectivity index (χ2v) is 9.26. The topological polar surface area (TPSA) is 104 Å². The fraction of sp³-hybridized carbons (Fsp3) is 0.400. The molecule has 3 rings (SSSR count). The standard InChI is InChI=1S/C25H29NO6/c1-25(2,3)20(22(27)28)13-21(23(29)30)26(4)24(31)32-14-19-17-11-7-5-9-15(17)16-10-6-8-12-18(16)19/h5-12,19-21H,13-14H2,1-4H3,(H,27,28)(H,29,30)/t20-,21+/m1/s1. The first-order valence-electron chi connectivity index (χ1n) is 10.6. The lowest BCUT2D eigenvalue weighted by Crippen LogP contribution is -2.46. The molecule has 0 aromatic heterocycles. The number of hydrogen-bond donors (Lipinski definition) is 2. The maximum atomic E-state index is 12.8. The molecule has 1 aliphatic carbocycles. The van der Waals surface area contributed by atoms with Crippen molar-refractivity contribution in [1.29, 1.82) is 0 Å². The minimum absolute atomic E-state index is 0.0607. The normalized spacial score (nSPS) is 14.8. The Morgan fingerprint density at radius 1 is 0.938 bits per heavy atom. The van der Waals surface area contributed by atoms with E-state index in [1.54, 1.807) is 20.8 Å². The van der Waals surface area contributed by atoms with Gasteiger partial charge in [0.05, 0.1) is 5.92 Å². The molecule has 0 radical (unpaired) electrons. The van der Waals surface area contributed by atoms with E-state index in [9.17, 15) is 24.6 Å². The number of amides is 1. The number of carboxylic acids is 2. The summed E-state index contributed by atoms with van der Waals surface area (Å²) in [7, 11) is 1.33. The van der Waals surface area contributed by atoms with Crippen LogP contribution in [-0.4, -0.2) is 52.8 Å². The highest BCUT2D eigenvalue weighted by atomic mass is 16.6. The molecule has 0 fully saturated rings. The molecule has 0 saturated carbocycles. The molecule has 2 aromatic carbocycles. The number of ether oxygens (including phenoxy) is 1. The van der Waals surface area contributed by atoms with Crippen LogP contribution in [0.4, 0.5) is 4.79 Å². The van der Waals surface area contributed by atoms with Crippen molar-refractivity contribution in [3.8, 4) is 11.1 Å². The minimum atomic E-state index is -1.31. The summed E-state index contributed by atoms with van der Waals surface area (Å²) in [5.41, 5.74) is 3.63. The monoisotopic (exact) mass is 439 g/mol. The number of rotatable bonds is 7. The van der Waals surface area contributed by atoms with Crippen LogP contribution in [0.3, 0.4) is 0 Å². The largest absolute Gasteiger partial charge is 0.481 e. The molecule has 0 saturated heterocycles. The van der Waals surface area contributed by atoms with Gasteiger partial charge in [-0.05, 0) is 34.1 Å². The molecule has 32 heavy (non-hydrogen) atoms. The molecule has 2 atom stereocenters. The Morgan fingerprint density at radius 3 is 1.88 bits per heavy atom. The maximum absolute atomic E-state index is 12.8. The summed E-state index contributed by atoms with van der Waals surface area (Å²) >= 11 is 0. The molecular formula is C25H29NO6. The lowest BCUT2D eigenvalue weighted by atomic mass is 9.77. The fourth-order valence-electron chi connectivity index (χ4n) is 4.30. The quantitative estimate of drug-likeness (QED) is 0.660. The van der Waals surface area contributed by atoms with Crippen LogP contribution in [0.15, 0.2) is 48.5 Å². The summed E-state index contributed by atoms with van der Waals surface area (Å²) in [6.45, 7) is 5.26. The molecular weight excluding hydrogens is 410 g/mol. The smallest absolute Gasteiger partial charge is 0.410 e. The number of aliphatic carboxylic acids is 2. The molecule has 2 N–H and O–H groups in total. The van der Waals surface area contributed by atoms with E-state index in [0.717, 1.165) is 27.2 Å². The van der Waals surface area contributed by atoms with E-state index in [0.29, 0.717) is 0 Å². The number of carbonyl (C=O) groups is 3. The molecule has 0 spiro atoms. The number of benzene rings is 2. The van der Waals surface area contributed by atoms with Crippen LogP contribution < -0.4 is 0 Å². The van der Waals surface area contributed by atoms with Gasteiger partial charge in [-0.3, -0.25) is 9.69 Å². The van der Waals surface area contributed by atoms with Gasteiger partial charge >= 0.3 is 18.0 Å². The molecule has 7 heteroatoms. The number of hydrogen-bond acceptors (Lipinski definition) is 4. The van der Waals surface area contributed by atoms with Crippen LogP contribution in [0.25, 0.3) is 11.1 Å². The Labute approximate surface area is 187 Å². The van der Waals surface area contributed by atoms with Gasteiger partial charge in [0.1, 0.15) is 12.6 Å². The van der Waals surface area contributed by atoms with Crippen LogP contribution in [0.5, 0.6) is 0 Å². The predicted molar refractivity (Wildman–Crippen MR) is 119 cm³/mol. The second kappa shape index (κ2) is 9.02. The Bertz CT molecular complexity index is 980. The Hall–Kier alpha value is -3.35. The number of carboxylic acid groups (broad SMARTS) is 2. The summed E-state index contributed by atoms with van der Waals surface area (Å²) in [5.74, 6) is -3.45. The van der Waals surface area contributed by atoms with Crippen molar-refractivity contribution in [2.75, 3.05) is 13.7 Å². The van der Waals surface area contributed by atoms with Gasteiger partial charge in [-0.25, -0.2) is 9.59 Å². The van der Waals surface area contributed by atoms with Gasteiger partial charge in [-0.1, -0.05) is 69.3 Å². The molecule has 2 aromatic rings. The Balaban J connectivity index is 1.75. The third-order valence-electron chi connectivity index (χ3n) is 6.18. The number of carbonyl (C=O) groups excluding carboxylic acids is 1. The van der Waals surface area contributed by atoms with E-state index < -0.39 is 35.4 Å². The number of nitrogens with zero attached hydrogens (tertiary/aromatic N) is 1. The Kier molecular flexibility index (Phi) is 6.57. The Morgan fingerprint density at radius 2 is 1.44 bits per heavy atom. The SMILES string of the molecule is CN(C(=O)OCC1c2ccccc2-c2ccccc21)[C@@H](C[C@H](C(=O)O)C(C)(C)C)C(=O)O. The molecule has 1 amide bonds. The summed E-state index contributed by atoms with van der Waals surface area (Å²) in [6, 6.07) is 14.5. The van der Waals surface area contributed by atoms with Crippen molar-refractivity contribution < 1.29 is 29.3 Å². The van der Waals surface area contributed by atoms with Crippen molar-refractivity contribution >= 4 is 18.0 Å². The van der Waals surface area contributed by atoms with Crippen molar-refractivity contribution in [2.45, 2.75) is 39.2 Å². The molecule has 0 unspecified atom stereocenters. The summed E-state index contributed by atoms with van der Waals surface area (Å²) in [6.07, 6.45) is -1.01. The van der Waals surface area contributed by atoms with Gasteiger partial charge in [0, 0.05) is 13.0 Å². The molecule has 0 bridgehead atoms. The average molecular weight is 440 g/mol. The van der Waals surface area contributed by atoms with Gasteiger partial charge in [-0.2, -0.15) is 0 Å². The van der Waals surface area contributed by atoms with Crippen LogP contribution >= 0.6 is 0 Å². The molecule has 1 aliphatic rings. The summed E-state index contributed by atoms with van der Waals surface area (Å²) < 4.78 is 5.54. The molecule has 7 nitrogen and oxygen atoms in total. The average Bonchev–Trinajstić information content (AvgIpc) is 3.04. The van der Waals surface area contributed by atoms with Gasteiger partial charge in [-0.15, -0.1) is 0 Å². The lowest BCUT2D eigenvalue weighted by molar-refractivity contribution is -0.149. The summed E-state index contributed by atoms with van der Waals surface area (Å²) in [4.78, 5) is 37.3. The number of fused-ring (bicyclic) bond motifs is 3. The van der Waals surface area contributed by atoms with Crippen molar-refractivity contribution in [3.05, 3.63) is 59.7 Å². The van der Waals surface area contributed by atoms with E-state index in [4.69, 9.17) is 4.74 Å². The van der Waals surface area contributed by atoms with E-state index >= 15 is 0 Å². The zero-order valence-electron chi connectivity index (χ0n) is 18.7. The zero-order chi connectivity index (χ0) is 23.6. The lowest BCUT2D eigenvalue weighted by Gasteiger charge is -2.32. The van der Waals surface area contributed by atoms with E-state index in [-0.39, 0.29) is 18.9 Å². The highest BCUT2D eigenvalue weighted by Gasteiger charge is 2.39. The first-order valence-corrected chi connectivity index (χ1v) is 10.6. The third-order valence-corrected chi connectivity index (χ3v) is 6.18. The van der Waals surface area contributed by atoms with Crippen LogP contribution in [-0.2, 0) is 14.3 Å². The fourth-order valence-corrected chi connectivity index (χ4v) is 4.30. The first-order chi connectivity index (χ1) is 15.0. The van der Waals surface area contributed by atoms with E-state index in [2.05, 4.69) is 0 Å². The van der Waals surface area contributed by atoms with Crippen molar-refractivity contribution in [2.24, 2.45) is 11.3 Å². The zero-order valence-corrected chi connectivity index (χ0v) is 18.7. The highest BCUT2D eigenvalue weighted by Crippen LogP contribution is 2.44. The number of likely N-dealkylation sites (N-methyl/N-ethyl adjacent to an activating group) is 1. The molecule has 0 heterocycles. The summed E-state index contributed by atoms with van der Waals surface area (Å²) in [5, 5.41) is 19.3. The van der Waals surface area contributed by atoms with E-state index in [1.807, 2.05) is 48.5 Å². The van der Waals surface area contributed by atoms with E-state index in [1.165, 1.54) is 7.05 Å². The van der Waals surface area contributed by atoms with Gasteiger partial charge < -0.3 is 14.9 Å². The highest BCUT2D eigenvalue weighted by molar-refractivity contribution is 5.82. The maximum Gasteiger partial charge on any atom is 0.410 e. The van der Waals surface area contributed by atoms with Gasteiger partial charge in [0.2, 0.25) is 0 Å². The molecule has 0 aliphatic heterocycles. The van der Waals surface area contributed by atoms with Crippen molar-refractivity contribution in [3.63, 3.8) is 0 Å².